The minimum Gasteiger partial charge on any atom is -0.449 e. The molecule has 1 unspecified atom stereocenters. The molecule has 3 N–H and O–H groups in total. The van der Waals surface area contributed by atoms with Crippen molar-refractivity contribution >= 4 is 40.1 Å². The van der Waals surface area contributed by atoms with Gasteiger partial charge in [-0.15, -0.1) is 11.3 Å². The average molecular weight is 425 g/mol. The number of hydrogen-bond acceptors (Lipinski definition) is 6. The summed E-state index contributed by atoms with van der Waals surface area (Å²) in [6.45, 7) is 1.64. The maximum Gasteiger partial charge on any atom is 0.410 e. The Labute approximate surface area is 179 Å². The molecule has 0 spiro atoms. The first-order valence-electron chi connectivity index (χ1n) is 9.96. The van der Waals surface area contributed by atoms with Crippen LogP contribution in [0.2, 0.25) is 0 Å². The summed E-state index contributed by atoms with van der Waals surface area (Å²) < 4.78 is 5.49. The highest BCUT2D eigenvalue weighted by molar-refractivity contribution is 7.17. The largest absolute Gasteiger partial charge is 0.449 e. The number of anilines is 2. The Morgan fingerprint density at radius 1 is 1.37 bits per heavy atom. The number of nitrogens with one attached hydrogen (secondary N) is 1. The molecule has 0 bridgehead atoms. The zero-order chi connectivity index (χ0) is 20.9. The molecule has 2 aromatic rings. The number of carbonyl (C=O) groups excluding carboxylic acids is 2. The number of pyridine rings is 1. The van der Waals surface area contributed by atoms with E-state index in [0.29, 0.717) is 30.4 Å². The van der Waals surface area contributed by atoms with Crippen LogP contribution < -0.4 is 11.1 Å². The van der Waals surface area contributed by atoms with Gasteiger partial charge in [0.2, 0.25) is 5.91 Å². The third kappa shape index (κ3) is 4.71. The van der Waals surface area contributed by atoms with Crippen molar-refractivity contribution in [2.24, 2.45) is 5.92 Å². The topological polar surface area (TPSA) is 97.5 Å². The molecule has 30 heavy (non-hydrogen) atoms. The SMILES string of the molecule is Nc1c(NC(=O)/C=C/c2cccnc2)sc2c1CCC(COC(=O)N1CC=CC1)C2. The highest BCUT2D eigenvalue weighted by Crippen LogP contribution is 2.41. The number of aromatic nitrogens is 1. The predicted molar refractivity (Wildman–Crippen MR) is 118 cm³/mol. The summed E-state index contributed by atoms with van der Waals surface area (Å²) in [4.78, 5) is 31.2. The van der Waals surface area contributed by atoms with Crippen LogP contribution in [0, 0.1) is 5.92 Å². The molecule has 156 valence electrons. The molecule has 8 heteroatoms. The van der Waals surface area contributed by atoms with Gasteiger partial charge in [0.15, 0.2) is 0 Å². The first-order valence-corrected chi connectivity index (χ1v) is 10.8. The van der Waals surface area contributed by atoms with E-state index in [-0.39, 0.29) is 17.9 Å². The summed E-state index contributed by atoms with van der Waals surface area (Å²) in [6.07, 6.45) is 12.8. The normalized spacial score (nSPS) is 17.9. The molecule has 4 rings (SSSR count). The summed E-state index contributed by atoms with van der Waals surface area (Å²) in [5.41, 5.74) is 8.91. The van der Waals surface area contributed by atoms with E-state index >= 15 is 0 Å². The number of rotatable bonds is 5. The van der Waals surface area contributed by atoms with Gasteiger partial charge in [-0.3, -0.25) is 9.78 Å². The molecule has 2 amide bonds. The molecular formula is C22H24N4O3S. The molecule has 0 radical (unpaired) electrons. The molecule has 1 aliphatic carbocycles. The summed E-state index contributed by atoms with van der Waals surface area (Å²) in [5.74, 6) is 0.0398. The van der Waals surface area contributed by atoms with Gasteiger partial charge < -0.3 is 20.7 Å². The second kappa shape index (κ2) is 9.13. The minimum absolute atomic E-state index is 0.228. The van der Waals surface area contributed by atoms with Gasteiger partial charge >= 0.3 is 6.09 Å². The third-order valence-corrected chi connectivity index (χ3v) is 6.46. The molecule has 0 saturated carbocycles. The fourth-order valence-electron chi connectivity index (χ4n) is 3.62. The molecule has 1 atom stereocenters. The van der Waals surface area contributed by atoms with Gasteiger partial charge in [-0.1, -0.05) is 18.2 Å². The smallest absolute Gasteiger partial charge is 0.410 e. The van der Waals surface area contributed by atoms with Crippen LogP contribution >= 0.6 is 11.3 Å². The van der Waals surface area contributed by atoms with Gasteiger partial charge in [0.25, 0.3) is 0 Å². The van der Waals surface area contributed by atoms with Crippen molar-refractivity contribution in [1.29, 1.82) is 0 Å². The van der Waals surface area contributed by atoms with E-state index in [4.69, 9.17) is 10.5 Å². The zero-order valence-electron chi connectivity index (χ0n) is 16.5. The van der Waals surface area contributed by atoms with Crippen LogP contribution in [0.1, 0.15) is 22.4 Å². The van der Waals surface area contributed by atoms with Gasteiger partial charge in [-0.05, 0) is 48.4 Å². The van der Waals surface area contributed by atoms with Crippen LogP contribution in [0.3, 0.4) is 0 Å². The molecule has 7 nitrogen and oxygen atoms in total. The molecular weight excluding hydrogens is 400 g/mol. The quantitative estimate of drug-likeness (QED) is 0.566. The van der Waals surface area contributed by atoms with Crippen LogP contribution in [0.5, 0.6) is 0 Å². The number of fused-ring (bicyclic) bond motifs is 1. The van der Waals surface area contributed by atoms with Gasteiger partial charge in [-0.25, -0.2) is 4.79 Å². The maximum atomic E-state index is 12.3. The molecule has 3 heterocycles. The molecule has 0 fully saturated rings. The molecule has 0 aromatic carbocycles. The Kier molecular flexibility index (Phi) is 6.13. The van der Waals surface area contributed by atoms with Gasteiger partial charge in [-0.2, -0.15) is 0 Å². The van der Waals surface area contributed by atoms with Crippen molar-refractivity contribution in [3.63, 3.8) is 0 Å². The maximum absolute atomic E-state index is 12.3. The second-order valence-electron chi connectivity index (χ2n) is 7.42. The average Bonchev–Trinajstić information content (AvgIpc) is 3.40. The lowest BCUT2D eigenvalue weighted by Gasteiger charge is -2.23. The summed E-state index contributed by atoms with van der Waals surface area (Å²) in [7, 11) is 0. The van der Waals surface area contributed by atoms with Crippen molar-refractivity contribution in [2.75, 3.05) is 30.7 Å². The van der Waals surface area contributed by atoms with Crippen molar-refractivity contribution in [2.45, 2.75) is 19.3 Å². The van der Waals surface area contributed by atoms with E-state index in [2.05, 4.69) is 10.3 Å². The Morgan fingerprint density at radius 3 is 2.97 bits per heavy atom. The van der Waals surface area contributed by atoms with Crippen molar-refractivity contribution in [3.8, 4) is 0 Å². The van der Waals surface area contributed by atoms with E-state index < -0.39 is 0 Å². The molecule has 2 aromatic heterocycles. The second-order valence-corrected chi connectivity index (χ2v) is 8.52. The standard InChI is InChI=1S/C22H24N4O3S/c23-20-17-7-5-16(14-29-22(28)26-10-1-2-11-26)12-18(17)30-21(20)25-19(27)8-6-15-4-3-9-24-13-15/h1-4,6,8-9,13,16H,5,7,10-12,14,23H2,(H,25,27)/b8-6+. The predicted octanol–water partition coefficient (Wildman–Crippen LogP) is 3.49. The van der Waals surface area contributed by atoms with E-state index in [1.165, 1.54) is 17.4 Å². The lowest BCUT2D eigenvalue weighted by atomic mass is 9.89. The molecule has 1 aliphatic heterocycles. The Balaban J connectivity index is 1.33. The van der Waals surface area contributed by atoms with Crippen molar-refractivity contribution in [1.82, 2.24) is 9.88 Å². The van der Waals surface area contributed by atoms with Crippen LogP contribution in [-0.2, 0) is 22.4 Å². The molecule has 2 aliphatic rings. The van der Waals surface area contributed by atoms with Crippen LogP contribution in [0.25, 0.3) is 6.08 Å². The number of carbonyl (C=O) groups is 2. The van der Waals surface area contributed by atoms with Crippen LogP contribution in [0.4, 0.5) is 15.5 Å². The fourth-order valence-corrected chi connectivity index (χ4v) is 4.91. The number of nitrogens with two attached hydrogens (primary N) is 1. The van der Waals surface area contributed by atoms with Crippen molar-refractivity contribution in [3.05, 3.63) is 58.8 Å². The highest BCUT2D eigenvalue weighted by Gasteiger charge is 2.26. The third-order valence-electron chi connectivity index (χ3n) is 5.28. The van der Waals surface area contributed by atoms with Crippen molar-refractivity contribution < 1.29 is 14.3 Å². The van der Waals surface area contributed by atoms with E-state index in [1.807, 2.05) is 24.3 Å². The summed E-state index contributed by atoms with van der Waals surface area (Å²) in [6, 6.07) is 3.70. The monoisotopic (exact) mass is 424 g/mol. The number of amides is 2. The lowest BCUT2D eigenvalue weighted by Crippen LogP contribution is -2.31. The minimum atomic E-state index is -0.259. The van der Waals surface area contributed by atoms with E-state index in [9.17, 15) is 9.59 Å². The van der Waals surface area contributed by atoms with E-state index in [1.54, 1.807) is 23.4 Å². The number of nitrogen functional groups attached to an aromatic ring is 1. The van der Waals surface area contributed by atoms with Gasteiger partial charge in [0, 0.05) is 36.4 Å². The number of thiophene rings is 1. The van der Waals surface area contributed by atoms with Crippen LogP contribution in [-0.4, -0.2) is 41.6 Å². The van der Waals surface area contributed by atoms with Gasteiger partial charge in [0.05, 0.1) is 12.3 Å². The first-order chi connectivity index (χ1) is 14.6. The Morgan fingerprint density at radius 2 is 2.20 bits per heavy atom. The summed E-state index contributed by atoms with van der Waals surface area (Å²) >= 11 is 1.51. The zero-order valence-corrected chi connectivity index (χ0v) is 17.4. The Hall–Kier alpha value is -3.13. The lowest BCUT2D eigenvalue weighted by molar-refractivity contribution is -0.111. The number of nitrogens with zero attached hydrogens (tertiary/aromatic N) is 2. The highest BCUT2D eigenvalue weighted by atomic mass is 32.1. The number of ether oxygens (including phenoxy) is 1. The summed E-state index contributed by atoms with van der Waals surface area (Å²) in [5, 5.41) is 3.57. The first kappa shape index (κ1) is 20.2. The Bertz CT molecular complexity index is 976. The van der Waals surface area contributed by atoms with Gasteiger partial charge in [0.1, 0.15) is 5.00 Å². The van der Waals surface area contributed by atoms with E-state index in [0.717, 1.165) is 35.3 Å². The number of hydrogen-bond donors (Lipinski definition) is 2. The molecule has 0 saturated heterocycles. The fraction of sp³-hybridized carbons (Fsp3) is 0.318. The van der Waals surface area contributed by atoms with Crippen LogP contribution in [0.15, 0.2) is 42.8 Å².